The average Bonchev–Trinajstić information content (AvgIpc) is 3.46. The molecule has 1 aliphatic heterocycles. The first-order valence-electron chi connectivity index (χ1n) is 9.32. The molecule has 0 spiro atoms. The minimum absolute atomic E-state index is 0.00543. The fraction of sp³-hybridized carbons (Fsp3) is 0.286. The standard InChI is InChI=1S/C21H20N2O6/c1-12(19(24)23-16-8-9-17-18(10-16)28-11-27-17)29-21(26)14-4-6-15(7-5-14)22-20(25)13-2-3-13/h4-10,12-13H,2-3,11H2,1H3,(H,22,25)(H,23,24). The third-order valence-corrected chi connectivity index (χ3v) is 4.63. The number of rotatable bonds is 6. The number of ether oxygens (including phenoxy) is 3. The molecule has 0 bridgehead atoms. The smallest absolute Gasteiger partial charge is 0.338 e. The van der Waals surface area contributed by atoms with E-state index in [1.165, 1.54) is 6.92 Å². The van der Waals surface area contributed by atoms with Crippen molar-refractivity contribution in [2.75, 3.05) is 17.4 Å². The van der Waals surface area contributed by atoms with Gasteiger partial charge in [-0.3, -0.25) is 9.59 Å². The average molecular weight is 396 g/mol. The molecule has 1 aliphatic carbocycles. The zero-order chi connectivity index (χ0) is 20.4. The van der Waals surface area contributed by atoms with E-state index in [9.17, 15) is 14.4 Å². The maximum absolute atomic E-state index is 12.3. The van der Waals surface area contributed by atoms with Crippen molar-refractivity contribution in [2.24, 2.45) is 5.92 Å². The van der Waals surface area contributed by atoms with Crippen LogP contribution in [0.25, 0.3) is 0 Å². The maximum Gasteiger partial charge on any atom is 0.338 e. The highest BCUT2D eigenvalue weighted by Crippen LogP contribution is 2.34. The Balaban J connectivity index is 1.31. The number of benzene rings is 2. The van der Waals surface area contributed by atoms with Gasteiger partial charge in [0.05, 0.1) is 5.56 Å². The quantitative estimate of drug-likeness (QED) is 0.728. The summed E-state index contributed by atoms with van der Waals surface area (Å²) in [7, 11) is 0. The van der Waals surface area contributed by atoms with Gasteiger partial charge in [-0.25, -0.2) is 4.79 Å². The van der Waals surface area contributed by atoms with E-state index in [1.54, 1.807) is 42.5 Å². The van der Waals surface area contributed by atoms with Crippen molar-refractivity contribution >= 4 is 29.2 Å². The number of carbonyl (C=O) groups is 3. The summed E-state index contributed by atoms with van der Waals surface area (Å²) >= 11 is 0. The summed E-state index contributed by atoms with van der Waals surface area (Å²) in [5.74, 6) is 0.155. The van der Waals surface area contributed by atoms with Crippen LogP contribution in [-0.4, -0.2) is 30.7 Å². The molecule has 1 saturated carbocycles. The van der Waals surface area contributed by atoms with Crippen molar-refractivity contribution in [1.82, 2.24) is 0 Å². The van der Waals surface area contributed by atoms with Crippen LogP contribution in [0.2, 0.25) is 0 Å². The van der Waals surface area contributed by atoms with Crippen molar-refractivity contribution < 1.29 is 28.6 Å². The normalized spacial score (nSPS) is 15.3. The minimum Gasteiger partial charge on any atom is -0.454 e. The Morgan fingerprint density at radius 1 is 0.966 bits per heavy atom. The molecular formula is C21H20N2O6. The van der Waals surface area contributed by atoms with E-state index in [0.29, 0.717) is 22.9 Å². The number of fused-ring (bicyclic) bond motifs is 1. The van der Waals surface area contributed by atoms with Gasteiger partial charge >= 0.3 is 5.97 Å². The summed E-state index contributed by atoms with van der Waals surface area (Å²) in [6.45, 7) is 1.63. The van der Waals surface area contributed by atoms with Crippen molar-refractivity contribution in [1.29, 1.82) is 0 Å². The zero-order valence-corrected chi connectivity index (χ0v) is 15.8. The van der Waals surface area contributed by atoms with Gasteiger partial charge in [0.2, 0.25) is 12.7 Å². The lowest BCUT2D eigenvalue weighted by molar-refractivity contribution is -0.123. The predicted octanol–water partition coefficient (Wildman–Crippen LogP) is 2.95. The molecule has 8 nitrogen and oxygen atoms in total. The van der Waals surface area contributed by atoms with Crippen LogP contribution in [0.3, 0.4) is 0 Å². The number of esters is 1. The predicted molar refractivity (Wildman–Crippen MR) is 104 cm³/mol. The summed E-state index contributed by atoms with van der Waals surface area (Å²) in [6.07, 6.45) is 0.840. The van der Waals surface area contributed by atoms with Gasteiger partial charge in [0.15, 0.2) is 17.6 Å². The van der Waals surface area contributed by atoms with Crippen LogP contribution in [-0.2, 0) is 14.3 Å². The SMILES string of the molecule is CC(OC(=O)c1ccc(NC(=O)C2CC2)cc1)C(=O)Nc1ccc2c(c1)OCO2. The Morgan fingerprint density at radius 2 is 1.66 bits per heavy atom. The second-order valence-electron chi connectivity index (χ2n) is 6.95. The van der Waals surface area contributed by atoms with E-state index in [4.69, 9.17) is 14.2 Å². The number of amides is 2. The van der Waals surface area contributed by atoms with Crippen molar-refractivity contribution in [2.45, 2.75) is 25.9 Å². The van der Waals surface area contributed by atoms with Crippen LogP contribution in [0.15, 0.2) is 42.5 Å². The van der Waals surface area contributed by atoms with Gasteiger partial charge in [0, 0.05) is 23.4 Å². The highest BCUT2D eigenvalue weighted by molar-refractivity contribution is 5.98. The van der Waals surface area contributed by atoms with Gasteiger partial charge in [-0.15, -0.1) is 0 Å². The number of hydrogen-bond acceptors (Lipinski definition) is 6. The van der Waals surface area contributed by atoms with Gasteiger partial charge in [-0.2, -0.15) is 0 Å². The molecule has 1 unspecified atom stereocenters. The Morgan fingerprint density at radius 3 is 2.38 bits per heavy atom. The van der Waals surface area contributed by atoms with Gasteiger partial charge in [0.1, 0.15) is 0 Å². The Hall–Kier alpha value is -3.55. The van der Waals surface area contributed by atoms with Crippen LogP contribution >= 0.6 is 0 Å². The molecule has 150 valence electrons. The summed E-state index contributed by atoms with van der Waals surface area (Å²) in [4.78, 5) is 36.4. The minimum atomic E-state index is -0.998. The second-order valence-corrected chi connectivity index (χ2v) is 6.95. The lowest BCUT2D eigenvalue weighted by atomic mass is 10.2. The molecule has 2 aliphatic rings. The van der Waals surface area contributed by atoms with Gasteiger partial charge in [-0.05, 0) is 56.2 Å². The molecular weight excluding hydrogens is 376 g/mol. The van der Waals surface area contributed by atoms with E-state index >= 15 is 0 Å². The van der Waals surface area contributed by atoms with E-state index in [2.05, 4.69) is 10.6 Å². The highest BCUT2D eigenvalue weighted by Gasteiger charge is 2.29. The Kier molecular flexibility index (Phi) is 5.07. The van der Waals surface area contributed by atoms with E-state index < -0.39 is 18.0 Å². The Bertz CT molecular complexity index is 952. The summed E-state index contributed by atoms with van der Waals surface area (Å²) in [5, 5.41) is 5.48. The maximum atomic E-state index is 12.3. The molecule has 0 aromatic heterocycles. The van der Waals surface area contributed by atoms with Crippen molar-refractivity contribution in [3.8, 4) is 11.5 Å². The van der Waals surface area contributed by atoms with Crippen LogP contribution in [0, 0.1) is 5.92 Å². The molecule has 8 heteroatoms. The summed E-state index contributed by atoms with van der Waals surface area (Å²) in [6, 6.07) is 11.4. The summed E-state index contributed by atoms with van der Waals surface area (Å²) in [5.41, 5.74) is 1.42. The van der Waals surface area contributed by atoms with Gasteiger partial charge in [0.25, 0.3) is 5.91 Å². The third kappa shape index (κ3) is 4.48. The number of carbonyl (C=O) groups excluding carboxylic acids is 3. The summed E-state index contributed by atoms with van der Waals surface area (Å²) < 4.78 is 15.7. The second kappa shape index (κ2) is 7.83. The molecule has 4 rings (SSSR count). The molecule has 1 heterocycles. The number of anilines is 2. The van der Waals surface area contributed by atoms with Crippen LogP contribution in [0.4, 0.5) is 11.4 Å². The fourth-order valence-corrected chi connectivity index (χ4v) is 2.78. The molecule has 2 aromatic rings. The van der Waals surface area contributed by atoms with Crippen molar-refractivity contribution in [3.63, 3.8) is 0 Å². The monoisotopic (exact) mass is 396 g/mol. The highest BCUT2D eigenvalue weighted by atomic mass is 16.7. The molecule has 0 saturated heterocycles. The van der Waals surface area contributed by atoms with Gasteiger partial charge < -0.3 is 24.8 Å². The first-order valence-corrected chi connectivity index (χ1v) is 9.32. The lowest BCUT2D eigenvalue weighted by Crippen LogP contribution is -2.30. The van der Waals surface area contributed by atoms with Crippen LogP contribution < -0.4 is 20.1 Å². The zero-order valence-electron chi connectivity index (χ0n) is 15.8. The molecule has 2 aromatic carbocycles. The molecule has 1 atom stereocenters. The molecule has 2 amide bonds. The number of nitrogens with one attached hydrogen (secondary N) is 2. The van der Waals surface area contributed by atoms with Crippen LogP contribution in [0.5, 0.6) is 11.5 Å². The van der Waals surface area contributed by atoms with E-state index in [-0.39, 0.29) is 24.2 Å². The number of hydrogen-bond donors (Lipinski definition) is 2. The first-order chi connectivity index (χ1) is 14.0. The fourth-order valence-electron chi connectivity index (χ4n) is 2.78. The van der Waals surface area contributed by atoms with E-state index in [1.807, 2.05) is 0 Å². The first kappa shape index (κ1) is 18.8. The molecule has 1 fully saturated rings. The van der Waals surface area contributed by atoms with Crippen LogP contribution in [0.1, 0.15) is 30.1 Å². The molecule has 2 N–H and O–H groups in total. The third-order valence-electron chi connectivity index (χ3n) is 4.63. The largest absolute Gasteiger partial charge is 0.454 e. The van der Waals surface area contributed by atoms with Crippen molar-refractivity contribution in [3.05, 3.63) is 48.0 Å². The van der Waals surface area contributed by atoms with Gasteiger partial charge in [-0.1, -0.05) is 0 Å². The van der Waals surface area contributed by atoms with E-state index in [0.717, 1.165) is 12.8 Å². The Labute approximate surface area is 167 Å². The molecule has 0 radical (unpaired) electrons. The lowest BCUT2D eigenvalue weighted by Gasteiger charge is -2.14. The topological polar surface area (TPSA) is 103 Å². The molecule has 29 heavy (non-hydrogen) atoms.